The van der Waals surface area contributed by atoms with Gasteiger partial charge in [-0.05, 0) is 30.2 Å². The van der Waals surface area contributed by atoms with Gasteiger partial charge in [0.15, 0.2) is 0 Å². The number of fused-ring (bicyclic) bond motifs is 1. The normalized spacial score (nSPS) is 14.7. The molecule has 0 aliphatic carbocycles. The molecule has 2 rings (SSSR count). The fourth-order valence-corrected chi connectivity index (χ4v) is 1.97. The predicted octanol–water partition coefficient (Wildman–Crippen LogP) is 0.819. The third kappa shape index (κ3) is 3.69. The average molecular weight is 264 g/mol. The summed E-state index contributed by atoms with van der Waals surface area (Å²) in [6, 6.07) is 5.48. The Morgan fingerprint density at radius 3 is 3.00 bits per heavy atom. The molecule has 0 saturated carbocycles. The zero-order chi connectivity index (χ0) is 13.8. The van der Waals surface area contributed by atoms with Crippen molar-refractivity contribution in [2.24, 2.45) is 0 Å². The number of hydrogen-bond donors (Lipinski definition) is 4. The van der Waals surface area contributed by atoms with Crippen molar-refractivity contribution in [3.8, 4) is 0 Å². The number of amides is 1. The fourth-order valence-electron chi connectivity index (χ4n) is 1.97. The standard InChI is InChI=1S/C13H16N2O4/c16-10(2-4-13(18)19)7-14-9-1-3-11-8(5-9)6-12(17)15-11/h1,3,5,10,14,16H,2,4,6-7H2,(H,15,17)(H,18,19). The zero-order valence-electron chi connectivity index (χ0n) is 10.3. The lowest BCUT2D eigenvalue weighted by molar-refractivity contribution is -0.137. The molecule has 1 aliphatic rings. The molecule has 1 amide bonds. The predicted molar refractivity (Wildman–Crippen MR) is 70.1 cm³/mol. The Balaban J connectivity index is 1.85. The second-order valence-electron chi connectivity index (χ2n) is 4.56. The van der Waals surface area contributed by atoms with E-state index in [9.17, 15) is 14.7 Å². The van der Waals surface area contributed by atoms with E-state index in [-0.39, 0.29) is 25.3 Å². The maximum absolute atomic E-state index is 11.2. The van der Waals surface area contributed by atoms with Gasteiger partial charge in [-0.2, -0.15) is 0 Å². The van der Waals surface area contributed by atoms with Crippen molar-refractivity contribution in [2.75, 3.05) is 17.2 Å². The van der Waals surface area contributed by atoms with Crippen LogP contribution in [0.3, 0.4) is 0 Å². The molecule has 0 saturated heterocycles. The molecule has 19 heavy (non-hydrogen) atoms. The highest BCUT2D eigenvalue weighted by molar-refractivity contribution is 5.99. The van der Waals surface area contributed by atoms with Crippen molar-refractivity contribution in [2.45, 2.75) is 25.4 Å². The van der Waals surface area contributed by atoms with Crippen LogP contribution in [0.2, 0.25) is 0 Å². The van der Waals surface area contributed by atoms with E-state index in [4.69, 9.17) is 5.11 Å². The lowest BCUT2D eigenvalue weighted by Crippen LogP contribution is -2.20. The molecule has 0 radical (unpaired) electrons. The molecule has 1 atom stereocenters. The molecule has 0 aromatic heterocycles. The van der Waals surface area contributed by atoms with E-state index in [1.165, 1.54) is 0 Å². The maximum Gasteiger partial charge on any atom is 0.303 e. The molecule has 4 N–H and O–H groups in total. The number of aliphatic hydroxyl groups is 1. The molecule has 1 aliphatic heterocycles. The molecule has 6 heteroatoms. The van der Waals surface area contributed by atoms with Crippen molar-refractivity contribution in [3.05, 3.63) is 23.8 Å². The Morgan fingerprint density at radius 1 is 1.47 bits per heavy atom. The van der Waals surface area contributed by atoms with Gasteiger partial charge in [-0.25, -0.2) is 0 Å². The third-order valence-corrected chi connectivity index (χ3v) is 2.96. The molecule has 0 bridgehead atoms. The van der Waals surface area contributed by atoms with Crippen molar-refractivity contribution in [1.29, 1.82) is 0 Å². The first kappa shape index (κ1) is 13.4. The molecule has 102 valence electrons. The SMILES string of the molecule is O=C(O)CCC(O)CNc1ccc2c(c1)CC(=O)N2. The van der Waals surface area contributed by atoms with Crippen LogP contribution < -0.4 is 10.6 Å². The van der Waals surface area contributed by atoms with Gasteiger partial charge >= 0.3 is 5.97 Å². The Labute approximate surface area is 110 Å². The Bertz CT molecular complexity index is 501. The van der Waals surface area contributed by atoms with Crippen molar-refractivity contribution in [1.82, 2.24) is 0 Å². The first-order chi connectivity index (χ1) is 9.04. The number of aliphatic carboxylic acids is 1. The van der Waals surface area contributed by atoms with Crippen LogP contribution in [-0.4, -0.2) is 34.7 Å². The maximum atomic E-state index is 11.2. The highest BCUT2D eigenvalue weighted by Crippen LogP contribution is 2.25. The van der Waals surface area contributed by atoms with E-state index in [2.05, 4.69) is 10.6 Å². The van der Waals surface area contributed by atoms with E-state index in [1.807, 2.05) is 18.2 Å². The van der Waals surface area contributed by atoms with Crippen LogP contribution in [0, 0.1) is 0 Å². The van der Waals surface area contributed by atoms with E-state index in [0.29, 0.717) is 6.42 Å². The van der Waals surface area contributed by atoms with E-state index in [0.717, 1.165) is 16.9 Å². The Morgan fingerprint density at radius 2 is 2.26 bits per heavy atom. The quantitative estimate of drug-likeness (QED) is 0.609. The first-order valence-electron chi connectivity index (χ1n) is 6.11. The van der Waals surface area contributed by atoms with Crippen molar-refractivity contribution < 1.29 is 19.8 Å². The summed E-state index contributed by atoms with van der Waals surface area (Å²) in [6.07, 6.45) is -0.172. The minimum absolute atomic E-state index is 0.0198. The fraction of sp³-hybridized carbons (Fsp3) is 0.385. The summed E-state index contributed by atoms with van der Waals surface area (Å²) in [5.74, 6) is -0.935. The van der Waals surface area contributed by atoms with Crippen LogP contribution in [0.1, 0.15) is 18.4 Å². The summed E-state index contributed by atoms with van der Waals surface area (Å²) < 4.78 is 0. The first-order valence-corrected chi connectivity index (χ1v) is 6.11. The smallest absolute Gasteiger partial charge is 0.303 e. The highest BCUT2D eigenvalue weighted by atomic mass is 16.4. The number of nitrogens with one attached hydrogen (secondary N) is 2. The van der Waals surface area contributed by atoms with Gasteiger partial charge in [0, 0.05) is 24.3 Å². The number of hydrogen-bond acceptors (Lipinski definition) is 4. The number of carboxylic acids is 1. The summed E-state index contributed by atoms with van der Waals surface area (Å²) in [6.45, 7) is 0.285. The Kier molecular flexibility index (Phi) is 4.01. The molecular weight excluding hydrogens is 248 g/mol. The number of carbonyl (C=O) groups excluding carboxylic acids is 1. The van der Waals surface area contributed by atoms with Crippen LogP contribution in [0.15, 0.2) is 18.2 Å². The number of carbonyl (C=O) groups is 2. The van der Waals surface area contributed by atoms with Crippen LogP contribution in [0.4, 0.5) is 11.4 Å². The topological polar surface area (TPSA) is 98.7 Å². The number of benzene rings is 1. The average Bonchev–Trinajstić information content (AvgIpc) is 2.73. The minimum Gasteiger partial charge on any atom is -0.481 e. The van der Waals surface area contributed by atoms with Crippen molar-refractivity contribution >= 4 is 23.3 Å². The van der Waals surface area contributed by atoms with E-state index >= 15 is 0 Å². The van der Waals surface area contributed by atoms with Crippen LogP contribution >= 0.6 is 0 Å². The molecule has 1 unspecified atom stereocenters. The lowest BCUT2D eigenvalue weighted by atomic mass is 10.1. The molecule has 6 nitrogen and oxygen atoms in total. The van der Waals surface area contributed by atoms with E-state index in [1.54, 1.807) is 0 Å². The monoisotopic (exact) mass is 264 g/mol. The van der Waals surface area contributed by atoms with Gasteiger partial charge in [0.2, 0.25) is 5.91 Å². The molecule has 0 spiro atoms. The van der Waals surface area contributed by atoms with Gasteiger partial charge in [-0.3, -0.25) is 9.59 Å². The lowest BCUT2D eigenvalue weighted by Gasteiger charge is -2.12. The number of anilines is 2. The van der Waals surface area contributed by atoms with Gasteiger partial charge < -0.3 is 20.8 Å². The molecule has 1 aromatic carbocycles. The second-order valence-corrected chi connectivity index (χ2v) is 4.56. The number of carboxylic acid groups (broad SMARTS) is 1. The zero-order valence-corrected chi connectivity index (χ0v) is 10.3. The van der Waals surface area contributed by atoms with Crippen LogP contribution in [0.25, 0.3) is 0 Å². The Hall–Kier alpha value is -2.08. The van der Waals surface area contributed by atoms with Gasteiger partial charge in [0.05, 0.1) is 12.5 Å². The summed E-state index contributed by atoms with van der Waals surface area (Å²) >= 11 is 0. The molecular formula is C13H16N2O4. The van der Waals surface area contributed by atoms with Crippen LogP contribution in [0.5, 0.6) is 0 Å². The summed E-state index contributed by atoms with van der Waals surface area (Å²) in [5, 5.41) is 23.9. The number of aliphatic hydroxyl groups excluding tert-OH is 1. The summed E-state index contributed by atoms with van der Waals surface area (Å²) in [5.41, 5.74) is 2.56. The highest BCUT2D eigenvalue weighted by Gasteiger charge is 2.17. The third-order valence-electron chi connectivity index (χ3n) is 2.96. The minimum atomic E-state index is -0.916. The molecule has 1 aromatic rings. The van der Waals surface area contributed by atoms with Crippen LogP contribution in [-0.2, 0) is 16.0 Å². The van der Waals surface area contributed by atoms with Gasteiger partial charge in [-0.1, -0.05) is 0 Å². The largest absolute Gasteiger partial charge is 0.481 e. The number of rotatable bonds is 6. The molecule has 0 fully saturated rings. The van der Waals surface area contributed by atoms with Crippen molar-refractivity contribution in [3.63, 3.8) is 0 Å². The van der Waals surface area contributed by atoms with E-state index < -0.39 is 12.1 Å². The second kappa shape index (κ2) is 5.71. The molecule has 1 heterocycles. The van der Waals surface area contributed by atoms with Gasteiger partial charge in [-0.15, -0.1) is 0 Å². The van der Waals surface area contributed by atoms with Gasteiger partial charge in [0.1, 0.15) is 0 Å². The summed E-state index contributed by atoms with van der Waals surface area (Å²) in [4.78, 5) is 21.6. The van der Waals surface area contributed by atoms with Gasteiger partial charge in [0.25, 0.3) is 0 Å². The summed E-state index contributed by atoms with van der Waals surface area (Å²) in [7, 11) is 0.